The average molecular weight is 454 g/mol. The number of benzene rings is 3. The molecule has 0 radical (unpaired) electrons. The number of anilines is 1. The van der Waals surface area contributed by atoms with Crippen LogP contribution in [-0.2, 0) is 9.59 Å². The van der Waals surface area contributed by atoms with Crippen molar-refractivity contribution in [3.05, 3.63) is 102 Å². The number of rotatable bonds is 7. The van der Waals surface area contributed by atoms with E-state index in [1.807, 2.05) is 78.9 Å². The Morgan fingerprint density at radius 2 is 1.35 bits per heavy atom. The number of nitrogens with one attached hydrogen (secondary N) is 1. The number of carbonyl (C=O) groups excluding carboxylic acids is 2. The number of hydrogen-bond acceptors (Lipinski definition) is 4. The maximum atomic E-state index is 13.4. The van der Waals surface area contributed by atoms with Gasteiger partial charge in [0.05, 0.1) is 12.6 Å². The number of nitrogens with zero attached hydrogens (tertiary/aromatic N) is 2. The van der Waals surface area contributed by atoms with Crippen LogP contribution in [0.3, 0.4) is 0 Å². The summed E-state index contributed by atoms with van der Waals surface area (Å²) in [5, 5.41) is 3.06. The molecule has 174 valence electrons. The predicted molar refractivity (Wildman–Crippen MR) is 135 cm³/mol. The molecule has 5 nitrogen and oxygen atoms in total. The molecule has 0 bridgehead atoms. The molecular weight excluding hydrogens is 422 g/mol. The molecule has 0 aromatic heterocycles. The first kappa shape index (κ1) is 22.4. The normalized spacial score (nSPS) is 17.8. The average Bonchev–Trinajstić information content (AvgIpc) is 3.21. The SMILES string of the molecule is O=C(CCN1CCC2(CC1)C(=O)NCN2c1ccccc1)C(c1ccccc1)c1ccccc1. The molecular formula is C29H31N3O2. The van der Waals surface area contributed by atoms with Crippen LogP contribution in [0.2, 0.25) is 0 Å². The lowest BCUT2D eigenvalue weighted by Crippen LogP contribution is -2.56. The summed E-state index contributed by atoms with van der Waals surface area (Å²) in [7, 11) is 0. The van der Waals surface area contributed by atoms with Gasteiger partial charge in [0, 0.05) is 31.7 Å². The van der Waals surface area contributed by atoms with Gasteiger partial charge >= 0.3 is 0 Å². The number of hydrogen-bond donors (Lipinski definition) is 1. The summed E-state index contributed by atoms with van der Waals surface area (Å²) in [5.41, 5.74) is 2.67. The van der Waals surface area contributed by atoms with Crippen LogP contribution in [0.5, 0.6) is 0 Å². The highest BCUT2D eigenvalue weighted by molar-refractivity contribution is 5.93. The highest BCUT2D eigenvalue weighted by Gasteiger charge is 2.50. The Hall–Kier alpha value is -3.44. The number of likely N-dealkylation sites (tertiary alicyclic amines) is 1. The monoisotopic (exact) mass is 453 g/mol. The van der Waals surface area contributed by atoms with Crippen molar-refractivity contribution in [2.75, 3.05) is 31.2 Å². The molecule has 1 spiro atoms. The standard InChI is InChI=1S/C29H31N3O2/c33-26(27(23-10-4-1-5-11-23)24-12-6-2-7-13-24)16-19-31-20-17-29(18-21-31)28(34)30-22-32(29)25-14-8-3-9-15-25/h1-15,27H,16-22H2,(H,30,34). The van der Waals surface area contributed by atoms with Crippen molar-refractivity contribution in [2.45, 2.75) is 30.7 Å². The van der Waals surface area contributed by atoms with E-state index in [1.54, 1.807) is 0 Å². The van der Waals surface area contributed by atoms with Crippen molar-refractivity contribution in [1.82, 2.24) is 10.2 Å². The summed E-state index contributed by atoms with van der Waals surface area (Å²) < 4.78 is 0. The Bertz CT molecular complexity index is 1070. The van der Waals surface area contributed by atoms with Gasteiger partial charge in [-0.2, -0.15) is 0 Å². The van der Waals surface area contributed by atoms with E-state index in [0.29, 0.717) is 13.1 Å². The van der Waals surface area contributed by atoms with Crippen molar-refractivity contribution >= 4 is 17.4 Å². The van der Waals surface area contributed by atoms with Gasteiger partial charge in [-0.3, -0.25) is 9.59 Å². The Labute approximate surface area is 201 Å². The molecule has 3 aromatic carbocycles. The van der Waals surface area contributed by atoms with Gasteiger partial charge in [-0.15, -0.1) is 0 Å². The van der Waals surface area contributed by atoms with Crippen LogP contribution in [0.25, 0.3) is 0 Å². The number of ketones is 1. The maximum Gasteiger partial charge on any atom is 0.247 e. The molecule has 0 atom stereocenters. The molecule has 1 N–H and O–H groups in total. The number of carbonyl (C=O) groups is 2. The van der Waals surface area contributed by atoms with E-state index in [2.05, 4.69) is 27.2 Å². The van der Waals surface area contributed by atoms with Crippen molar-refractivity contribution in [1.29, 1.82) is 0 Å². The number of amides is 1. The maximum absolute atomic E-state index is 13.4. The quantitative estimate of drug-likeness (QED) is 0.582. The Morgan fingerprint density at radius 1 is 0.824 bits per heavy atom. The first-order chi connectivity index (χ1) is 16.7. The summed E-state index contributed by atoms with van der Waals surface area (Å²) in [5.74, 6) is 0.121. The lowest BCUT2D eigenvalue weighted by atomic mass is 9.84. The minimum atomic E-state index is -0.488. The summed E-state index contributed by atoms with van der Waals surface area (Å²) >= 11 is 0. The first-order valence-corrected chi connectivity index (χ1v) is 12.1. The van der Waals surface area contributed by atoms with Gasteiger partial charge < -0.3 is 15.1 Å². The minimum Gasteiger partial charge on any atom is -0.339 e. The highest BCUT2D eigenvalue weighted by atomic mass is 16.2. The number of piperidine rings is 1. The van der Waals surface area contributed by atoms with Gasteiger partial charge in [-0.1, -0.05) is 78.9 Å². The largest absolute Gasteiger partial charge is 0.339 e. The van der Waals surface area contributed by atoms with Gasteiger partial charge in [0.15, 0.2) is 0 Å². The van der Waals surface area contributed by atoms with Crippen molar-refractivity contribution in [3.8, 4) is 0 Å². The van der Waals surface area contributed by atoms with E-state index < -0.39 is 5.54 Å². The second-order valence-electron chi connectivity index (χ2n) is 9.27. The Balaban J connectivity index is 1.24. The molecule has 2 aliphatic heterocycles. The van der Waals surface area contributed by atoms with Gasteiger partial charge in [-0.25, -0.2) is 0 Å². The van der Waals surface area contributed by atoms with Gasteiger partial charge in [0.1, 0.15) is 11.3 Å². The fourth-order valence-electron chi connectivity index (χ4n) is 5.45. The van der Waals surface area contributed by atoms with Crippen molar-refractivity contribution < 1.29 is 9.59 Å². The molecule has 2 aliphatic rings. The van der Waals surface area contributed by atoms with Crippen LogP contribution in [0.15, 0.2) is 91.0 Å². The predicted octanol–water partition coefficient (Wildman–Crippen LogP) is 4.21. The second-order valence-corrected chi connectivity index (χ2v) is 9.27. The van der Waals surface area contributed by atoms with Crippen LogP contribution in [0.4, 0.5) is 5.69 Å². The third-order valence-corrected chi connectivity index (χ3v) is 7.35. The molecule has 5 heteroatoms. The lowest BCUT2D eigenvalue weighted by Gasteiger charge is -2.43. The summed E-state index contributed by atoms with van der Waals surface area (Å²) in [4.78, 5) is 30.9. The fraction of sp³-hybridized carbons (Fsp3) is 0.310. The fourth-order valence-corrected chi connectivity index (χ4v) is 5.45. The van der Waals surface area contributed by atoms with E-state index in [1.165, 1.54) is 0 Å². The molecule has 3 aromatic rings. The zero-order valence-electron chi connectivity index (χ0n) is 19.4. The molecule has 2 fully saturated rings. The molecule has 2 heterocycles. The zero-order valence-corrected chi connectivity index (χ0v) is 19.4. The smallest absolute Gasteiger partial charge is 0.247 e. The topological polar surface area (TPSA) is 52.7 Å². The number of para-hydroxylation sites is 1. The molecule has 34 heavy (non-hydrogen) atoms. The van der Waals surface area contributed by atoms with E-state index in [9.17, 15) is 9.59 Å². The summed E-state index contributed by atoms with van der Waals surface area (Å²) in [6.45, 7) is 2.89. The molecule has 2 saturated heterocycles. The lowest BCUT2D eigenvalue weighted by molar-refractivity contribution is -0.125. The molecule has 0 unspecified atom stereocenters. The molecule has 0 aliphatic carbocycles. The van der Waals surface area contributed by atoms with Gasteiger partial charge in [-0.05, 0) is 36.1 Å². The summed E-state index contributed by atoms with van der Waals surface area (Å²) in [6.07, 6.45) is 2.03. The highest BCUT2D eigenvalue weighted by Crippen LogP contribution is 2.36. The van der Waals surface area contributed by atoms with E-state index in [4.69, 9.17) is 0 Å². The zero-order chi connectivity index (χ0) is 23.4. The van der Waals surface area contributed by atoms with Gasteiger partial charge in [0.25, 0.3) is 0 Å². The van der Waals surface area contributed by atoms with Crippen LogP contribution < -0.4 is 10.2 Å². The van der Waals surface area contributed by atoms with E-state index >= 15 is 0 Å². The molecule has 0 saturated carbocycles. The molecule has 1 amide bonds. The minimum absolute atomic E-state index is 0.125. The third kappa shape index (κ3) is 4.36. The summed E-state index contributed by atoms with van der Waals surface area (Å²) in [6, 6.07) is 30.3. The van der Waals surface area contributed by atoms with E-state index in [-0.39, 0.29) is 17.6 Å². The van der Waals surface area contributed by atoms with Gasteiger partial charge in [0.2, 0.25) is 5.91 Å². The Kier molecular flexibility index (Phi) is 6.45. The third-order valence-electron chi connectivity index (χ3n) is 7.35. The van der Waals surface area contributed by atoms with Crippen molar-refractivity contribution in [3.63, 3.8) is 0 Å². The van der Waals surface area contributed by atoms with Crippen LogP contribution >= 0.6 is 0 Å². The number of Topliss-reactive ketones (excluding diaryl/α,β-unsaturated/α-hetero) is 1. The Morgan fingerprint density at radius 3 is 1.91 bits per heavy atom. The van der Waals surface area contributed by atoms with Crippen LogP contribution in [0, 0.1) is 0 Å². The van der Waals surface area contributed by atoms with Crippen LogP contribution in [-0.4, -0.2) is 48.4 Å². The van der Waals surface area contributed by atoms with Crippen molar-refractivity contribution in [2.24, 2.45) is 0 Å². The second kappa shape index (κ2) is 9.82. The molecule has 5 rings (SSSR count). The van der Waals surface area contributed by atoms with E-state index in [0.717, 1.165) is 49.3 Å². The first-order valence-electron chi connectivity index (χ1n) is 12.1. The van der Waals surface area contributed by atoms with Crippen LogP contribution in [0.1, 0.15) is 36.3 Å².